The van der Waals surface area contributed by atoms with Crippen LogP contribution in [0.2, 0.25) is 5.02 Å². The molecule has 31 heavy (non-hydrogen) atoms. The third-order valence-corrected chi connectivity index (χ3v) is 6.71. The van der Waals surface area contributed by atoms with Crippen molar-refractivity contribution in [2.45, 2.75) is 38.3 Å². The summed E-state index contributed by atoms with van der Waals surface area (Å²) in [6.45, 7) is 4.27. The lowest BCUT2D eigenvalue weighted by molar-refractivity contribution is -0.130. The van der Waals surface area contributed by atoms with Crippen LogP contribution in [0, 0.1) is 11.8 Å². The monoisotopic (exact) mass is 505 g/mol. The molecule has 1 saturated heterocycles. The molecule has 1 spiro atoms. The second-order valence-electron chi connectivity index (χ2n) is 8.54. The van der Waals surface area contributed by atoms with Crippen molar-refractivity contribution < 1.29 is 14.3 Å². The van der Waals surface area contributed by atoms with Crippen LogP contribution in [0.1, 0.15) is 32.3 Å². The molecule has 3 atom stereocenters. The first-order valence-electron chi connectivity index (χ1n) is 10.3. The fraction of sp³-hybridized carbons (Fsp3) is 0.391. The lowest BCUT2D eigenvalue weighted by Gasteiger charge is -2.29. The molecule has 0 aromatic heterocycles. The maximum absolute atomic E-state index is 13.6. The van der Waals surface area contributed by atoms with Crippen molar-refractivity contribution in [3.63, 3.8) is 0 Å². The lowest BCUT2D eigenvalue weighted by atomic mass is 9.79. The number of benzene rings is 2. The molecule has 2 heterocycles. The molecule has 2 aromatic carbocycles. The van der Waals surface area contributed by atoms with Crippen LogP contribution in [0.25, 0.3) is 0 Å². The standard InChI is InChI=1S/C23H25BrClN3O3/c1-12(2)8-15-11-17(21(29)26-19-10-14(25)5-7-20(19)31-3)23(28-15)16-9-13(24)4-6-18(16)27-22(23)30/h4-7,9-10,12,15,17,28H,8,11H2,1-3H3,(H,26,29)(H,27,30)/t15-,17+,23-/m0/s1. The van der Waals surface area contributed by atoms with Crippen molar-refractivity contribution in [3.05, 3.63) is 51.5 Å². The Bertz CT molecular complexity index is 1040. The molecule has 2 amide bonds. The van der Waals surface area contributed by atoms with E-state index in [2.05, 4.69) is 45.7 Å². The van der Waals surface area contributed by atoms with Gasteiger partial charge in [0.15, 0.2) is 0 Å². The number of ether oxygens (including phenoxy) is 1. The number of anilines is 2. The molecule has 6 nitrogen and oxygen atoms in total. The Kier molecular flexibility index (Phi) is 6.03. The predicted molar refractivity (Wildman–Crippen MR) is 126 cm³/mol. The highest BCUT2D eigenvalue weighted by Crippen LogP contribution is 2.49. The number of hydrogen-bond donors (Lipinski definition) is 3. The summed E-state index contributed by atoms with van der Waals surface area (Å²) in [5.41, 5.74) is 0.866. The van der Waals surface area contributed by atoms with Crippen LogP contribution in [0.4, 0.5) is 11.4 Å². The van der Waals surface area contributed by atoms with Gasteiger partial charge in [0.05, 0.1) is 18.7 Å². The molecule has 4 rings (SSSR count). The molecular formula is C23H25BrClN3O3. The number of carbonyl (C=O) groups excluding carboxylic acids is 2. The maximum Gasteiger partial charge on any atom is 0.250 e. The summed E-state index contributed by atoms with van der Waals surface area (Å²) in [6.07, 6.45) is 1.41. The van der Waals surface area contributed by atoms with Crippen LogP contribution >= 0.6 is 27.5 Å². The Balaban J connectivity index is 1.74. The van der Waals surface area contributed by atoms with Crippen molar-refractivity contribution in [2.24, 2.45) is 11.8 Å². The van der Waals surface area contributed by atoms with E-state index < -0.39 is 11.5 Å². The van der Waals surface area contributed by atoms with E-state index in [9.17, 15) is 9.59 Å². The van der Waals surface area contributed by atoms with E-state index in [0.29, 0.717) is 28.8 Å². The van der Waals surface area contributed by atoms with E-state index in [0.717, 1.165) is 22.1 Å². The van der Waals surface area contributed by atoms with E-state index in [1.807, 2.05) is 18.2 Å². The third kappa shape index (κ3) is 3.95. The molecule has 8 heteroatoms. The van der Waals surface area contributed by atoms with Gasteiger partial charge in [-0.15, -0.1) is 0 Å². The molecule has 0 saturated carbocycles. The van der Waals surface area contributed by atoms with Gasteiger partial charge in [0.1, 0.15) is 11.3 Å². The van der Waals surface area contributed by atoms with Crippen LogP contribution in [-0.4, -0.2) is 25.0 Å². The first-order chi connectivity index (χ1) is 14.7. The minimum absolute atomic E-state index is 0.0349. The van der Waals surface area contributed by atoms with Crippen molar-refractivity contribution in [2.75, 3.05) is 17.7 Å². The zero-order valence-corrected chi connectivity index (χ0v) is 19.9. The Morgan fingerprint density at radius 3 is 2.81 bits per heavy atom. The molecule has 164 valence electrons. The quantitative estimate of drug-likeness (QED) is 0.538. The third-order valence-electron chi connectivity index (χ3n) is 5.98. The summed E-state index contributed by atoms with van der Waals surface area (Å²) in [5.74, 6) is -0.116. The average molecular weight is 507 g/mol. The summed E-state index contributed by atoms with van der Waals surface area (Å²) < 4.78 is 6.23. The molecule has 0 unspecified atom stereocenters. The number of fused-ring (bicyclic) bond motifs is 2. The van der Waals surface area contributed by atoms with E-state index in [1.54, 1.807) is 18.2 Å². The molecule has 0 bridgehead atoms. The van der Waals surface area contributed by atoms with Crippen molar-refractivity contribution in [3.8, 4) is 5.75 Å². The van der Waals surface area contributed by atoms with E-state index in [4.69, 9.17) is 16.3 Å². The second-order valence-corrected chi connectivity index (χ2v) is 9.90. The SMILES string of the molecule is COc1ccc(Cl)cc1NC(=O)[C@H]1C[C@H](CC(C)C)N[C@]12C(=O)Nc1ccc(Br)cc12. The van der Waals surface area contributed by atoms with Crippen LogP contribution in [0.3, 0.4) is 0 Å². The van der Waals surface area contributed by atoms with Gasteiger partial charge in [-0.2, -0.15) is 0 Å². The molecule has 0 aliphatic carbocycles. The van der Waals surface area contributed by atoms with Crippen molar-refractivity contribution in [1.29, 1.82) is 0 Å². The van der Waals surface area contributed by atoms with E-state index in [-0.39, 0.29) is 17.9 Å². The van der Waals surface area contributed by atoms with Crippen LogP contribution in [0.5, 0.6) is 5.75 Å². The summed E-state index contributed by atoms with van der Waals surface area (Å²) in [7, 11) is 1.54. The zero-order chi connectivity index (χ0) is 22.3. The highest BCUT2D eigenvalue weighted by atomic mass is 79.9. The maximum atomic E-state index is 13.6. The average Bonchev–Trinajstić information content (AvgIpc) is 3.21. The normalized spacial score (nSPS) is 24.4. The van der Waals surface area contributed by atoms with Gasteiger partial charge in [0.2, 0.25) is 11.8 Å². The molecular weight excluding hydrogens is 482 g/mol. The fourth-order valence-corrected chi connectivity index (χ4v) is 5.29. The van der Waals surface area contributed by atoms with Crippen molar-refractivity contribution in [1.82, 2.24) is 5.32 Å². The minimum atomic E-state index is -1.13. The number of nitrogens with one attached hydrogen (secondary N) is 3. The first-order valence-corrected chi connectivity index (χ1v) is 11.4. The first kappa shape index (κ1) is 22.1. The summed E-state index contributed by atoms with van der Waals surface area (Å²) in [4.78, 5) is 26.9. The Morgan fingerprint density at radius 2 is 2.10 bits per heavy atom. The molecule has 1 fully saturated rings. The smallest absolute Gasteiger partial charge is 0.250 e. The van der Waals surface area contributed by atoms with Gasteiger partial charge in [-0.3, -0.25) is 14.9 Å². The van der Waals surface area contributed by atoms with E-state index in [1.165, 1.54) is 7.11 Å². The fourth-order valence-electron chi connectivity index (χ4n) is 4.75. The summed E-state index contributed by atoms with van der Waals surface area (Å²) >= 11 is 9.65. The molecule has 0 radical (unpaired) electrons. The van der Waals surface area contributed by atoms with Crippen LogP contribution < -0.4 is 20.7 Å². The van der Waals surface area contributed by atoms with Gasteiger partial charge in [-0.25, -0.2) is 0 Å². The van der Waals surface area contributed by atoms with Gasteiger partial charge >= 0.3 is 0 Å². The number of methoxy groups -OCH3 is 1. The lowest BCUT2D eigenvalue weighted by Crippen LogP contribution is -2.52. The second kappa shape index (κ2) is 8.45. The molecule has 2 aliphatic rings. The number of hydrogen-bond acceptors (Lipinski definition) is 4. The van der Waals surface area contributed by atoms with Gasteiger partial charge in [-0.05, 0) is 55.2 Å². The van der Waals surface area contributed by atoms with E-state index >= 15 is 0 Å². The Labute approximate surface area is 195 Å². The molecule has 2 aliphatic heterocycles. The summed E-state index contributed by atoms with van der Waals surface area (Å²) in [6, 6.07) is 10.7. The highest BCUT2D eigenvalue weighted by molar-refractivity contribution is 9.10. The molecule has 2 aromatic rings. The minimum Gasteiger partial charge on any atom is -0.495 e. The number of carbonyl (C=O) groups is 2. The van der Waals surface area contributed by atoms with Gasteiger partial charge < -0.3 is 15.4 Å². The largest absolute Gasteiger partial charge is 0.495 e. The van der Waals surface area contributed by atoms with Gasteiger partial charge in [-0.1, -0.05) is 41.4 Å². The van der Waals surface area contributed by atoms with Gasteiger partial charge in [0.25, 0.3) is 0 Å². The summed E-state index contributed by atoms with van der Waals surface area (Å²) in [5, 5.41) is 9.94. The topological polar surface area (TPSA) is 79.5 Å². The highest BCUT2D eigenvalue weighted by Gasteiger charge is 2.60. The Morgan fingerprint density at radius 1 is 1.32 bits per heavy atom. The van der Waals surface area contributed by atoms with Gasteiger partial charge in [0, 0.05) is 26.8 Å². The number of amides is 2. The zero-order valence-electron chi connectivity index (χ0n) is 17.6. The van der Waals surface area contributed by atoms with Crippen LogP contribution in [-0.2, 0) is 15.1 Å². The van der Waals surface area contributed by atoms with Crippen LogP contribution in [0.15, 0.2) is 40.9 Å². The number of halogens is 2. The van der Waals surface area contributed by atoms with Crippen molar-refractivity contribution >= 4 is 50.7 Å². The number of rotatable bonds is 5. The molecule has 3 N–H and O–H groups in total. The predicted octanol–water partition coefficient (Wildman–Crippen LogP) is 4.92. The Hall–Kier alpha value is -2.09.